The minimum absolute atomic E-state index is 0.0370. The molecule has 0 rings (SSSR count). The van der Waals surface area contributed by atoms with Crippen molar-refractivity contribution in [2.75, 3.05) is 0 Å². The lowest BCUT2D eigenvalue weighted by Gasteiger charge is -2.16. The van der Waals surface area contributed by atoms with E-state index >= 15 is 0 Å². The molecule has 0 aliphatic carbocycles. The molecule has 330 valence electrons. The lowest BCUT2D eigenvalue weighted by atomic mass is 9.87. The summed E-state index contributed by atoms with van der Waals surface area (Å²) in [6.45, 7) is 24.6. The first-order valence-corrected chi connectivity index (χ1v) is 19.6. The summed E-state index contributed by atoms with van der Waals surface area (Å²) >= 11 is 0. The van der Waals surface area contributed by atoms with Gasteiger partial charge in [-0.3, -0.25) is 38.4 Å². The predicted molar refractivity (Wildman–Crippen MR) is 216 cm³/mol. The molecule has 56 heavy (non-hydrogen) atoms. The first-order chi connectivity index (χ1) is 25.6. The lowest BCUT2D eigenvalue weighted by Crippen LogP contribution is -2.33. The average Bonchev–Trinajstić information content (AvgIpc) is 3.09. The molecule has 0 aromatic carbocycles. The molecule has 4 amide bonds. The minimum atomic E-state index is -1.76. The molecule has 12 N–H and O–H groups in total. The molecular weight excluding hydrogens is 728 g/mol. The number of amides is 4. The second-order valence-electron chi connectivity index (χ2n) is 15.3. The van der Waals surface area contributed by atoms with Gasteiger partial charge in [-0.05, 0) is 49.4 Å². The van der Waals surface area contributed by atoms with E-state index in [1.807, 2.05) is 27.7 Å². The summed E-state index contributed by atoms with van der Waals surface area (Å²) in [6, 6.07) is 0. The maximum absolute atomic E-state index is 10.6. The van der Waals surface area contributed by atoms with E-state index in [9.17, 15) is 38.4 Å². The normalized spacial score (nSPS) is 15.6. The number of aliphatic carboxylic acids is 4. The number of rotatable bonds is 23. The van der Waals surface area contributed by atoms with Crippen molar-refractivity contribution in [3.8, 4) is 0 Å². The van der Waals surface area contributed by atoms with E-state index < -0.39 is 48.6 Å². The van der Waals surface area contributed by atoms with Crippen LogP contribution in [-0.4, -0.2) is 67.9 Å². The molecule has 0 aromatic heterocycles. The van der Waals surface area contributed by atoms with Crippen LogP contribution in [0.1, 0.15) is 147 Å². The van der Waals surface area contributed by atoms with Gasteiger partial charge in [-0.2, -0.15) is 0 Å². The van der Waals surface area contributed by atoms with Crippen molar-refractivity contribution >= 4 is 47.5 Å². The number of hydrogen-bond donors (Lipinski definition) is 8. The van der Waals surface area contributed by atoms with Gasteiger partial charge in [-0.1, -0.05) is 109 Å². The van der Waals surface area contributed by atoms with Crippen LogP contribution in [0.2, 0.25) is 0 Å². The van der Waals surface area contributed by atoms with Gasteiger partial charge in [0.1, 0.15) is 0 Å². The van der Waals surface area contributed by atoms with Crippen LogP contribution in [0.5, 0.6) is 0 Å². The number of carbonyl (C=O) groups is 8. The predicted octanol–water partition coefficient (Wildman–Crippen LogP) is 5.51. The van der Waals surface area contributed by atoms with Crippen molar-refractivity contribution in [3.05, 3.63) is 0 Å². The Balaban J connectivity index is -0.000000197. The fourth-order valence-corrected chi connectivity index (χ4v) is 4.73. The Hall–Kier alpha value is -4.24. The Labute approximate surface area is 335 Å². The standard InChI is InChI=1S/4C8H17NO.C8H10O8/c4*1-4-6(2)5-7(3)8(9)10;9-5(10)1-3(7(13)14)4(8(15)16)2-6(11)12/h4*6-7H,4-5H2,1-3H3,(H2,9,10);3-4H,1-2H2,(H,9,10)(H,11,12)(H,13,14)(H,15,16). The van der Waals surface area contributed by atoms with Gasteiger partial charge in [0.05, 0.1) is 24.7 Å². The Kier molecular flexibility index (Phi) is 38.3. The Morgan fingerprint density at radius 1 is 0.375 bits per heavy atom. The van der Waals surface area contributed by atoms with Crippen molar-refractivity contribution in [1.29, 1.82) is 0 Å². The lowest BCUT2D eigenvalue weighted by molar-refractivity contribution is -0.160. The van der Waals surface area contributed by atoms with Crippen LogP contribution in [0.15, 0.2) is 0 Å². The van der Waals surface area contributed by atoms with Gasteiger partial charge in [0, 0.05) is 23.7 Å². The second-order valence-corrected chi connectivity index (χ2v) is 15.3. The van der Waals surface area contributed by atoms with Gasteiger partial charge >= 0.3 is 23.9 Å². The molecule has 0 aliphatic rings. The topological polar surface area (TPSA) is 322 Å². The van der Waals surface area contributed by atoms with Gasteiger partial charge < -0.3 is 43.4 Å². The van der Waals surface area contributed by atoms with Crippen LogP contribution in [-0.2, 0) is 38.4 Å². The monoisotopic (exact) mass is 807 g/mol. The molecule has 0 bridgehead atoms. The number of primary amides is 4. The molecule has 0 spiro atoms. The van der Waals surface area contributed by atoms with Crippen LogP contribution in [0.25, 0.3) is 0 Å². The highest BCUT2D eigenvalue weighted by molar-refractivity contribution is 5.86. The van der Waals surface area contributed by atoms with E-state index in [2.05, 4.69) is 55.4 Å². The van der Waals surface area contributed by atoms with Crippen molar-refractivity contribution in [2.45, 2.75) is 147 Å². The fraction of sp³-hybridized carbons (Fsp3) is 0.800. The molecule has 0 aromatic rings. The summed E-state index contributed by atoms with van der Waals surface area (Å²) < 4.78 is 0. The van der Waals surface area contributed by atoms with E-state index in [0.717, 1.165) is 51.4 Å². The van der Waals surface area contributed by atoms with Crippen LogP contribution < -0.4 is 22.9 Å². The molecular formula is C40H78N4O12. The highest BCUT2D eigenvalue weighted by atomic mass is 16.4. The summed E-state index contributed by atoms with van der Waals surface area (Å²) in [7, 11) is 0. The third kappa shape index (κ3) is 38.1. The van der Waals surface area contributed by atoms with Crippen molar-refractivity contribution < 1.29 is 58.8 Å². The Morgan fingerprint density at radius 2 is 0.536 bits per heavy atom. The van der Waals surface area contributed by atoms with Gasteiger partial charge in [0.2, 0.25) is 23.6 Å². The van der Waals surface area contributed by atoms with Crippen LogP contribution in [0.3, 0.4) is 0 Å². The first kappa shape index (κ1) is 61.0. The molecule has 16 heteroatoms. The summed E-state index contributed by atoms with van der Waals surface area (Å²) in [5, 5.41) is 34.1. The highest BCUT2D eigenvalue weighted by Gasteiger charge is 2.37. The first-order valence-electron chi connectivity index (χ1n) is 19.6. The SMILES string of the molecule is CCC(C)CC(C)C(N)=O.CCC(C)CC(C)C(N)=O.CCC(C)CC(C)C(N)=O.CCC(C)CC(C)C(N)=O.O=C(O)CC(C(=O)O)C(CC(=O)O)C(=O)O. The van der Waals surface area contributed by atoms with E-state index in [-0.39, 0.29) is 47.3 Å². The maximum Gasteiger partial charge on any atom is 0.307 e. The molecule has 16 nitrogen and oxygen atoms in total. The zero-order valence-corrected chi connectivity index (χ0v) is 36.2. The summed E-state index contributed by atoms with van der Waals surface area (Å²) in [5.41, 5.74) is 20.4. The minimum Gasteiger partial charge on any atom is -0.481 e. The third-order valence-corrected chi connectivity index (χ3v) is 9.66. The number of carboxylic acid groups (broad SMARTS) is 4. The molecule has 0 heterocycles. The largest absolute Gasteiger partial charge is 0.481 e. The number of nitrogens with two attached hydrogens (primary N) is 4. The third-order valence-electron chi connectivity index (χ3n) is 9.66. The van der Waals surface area contributed by atoms with E-state index in [1.54, 1.807) is 0 Å². The molecule has 0 saturated heterocycles. The molecule has 10 atom stereocenters. The van der Waals surface area contributed by atoms with Gasteiger partial charge in [-0.25, -0.2) is 0 Å². The van der Waals surface area contributed by atoms with Gasteiger partial charge in [0.25, 0.3) is 0 Å². The number of carboxylic acids is 4. The molecule has 0 fully saturated rings. The molecule has 10 unspecified atom stereocenters. The highest BCUT2D eigenvalue weighted by Crippen LogP contribution is 2.21. The zero-order valence-electron chi connectivity index (χ0n) is 36.2. The van der Waals surface area contributed by atoms with Gasteiger partial charge in [0.15, 0.2) is 0 Å². The van der Waals surface area contributed by atoms with E-state index in [1.165, 1.54) is 0 Å². The average molecular weight is 807 g/mol. The van der Waals surface area contributed by atoms with Crippen molar-refractivity contribution in [2.24, 2.45) is 82.1 Å². The van der Waals surface area contributed by atoms with Crippen molar-refractivity contribution in [3.63, 3.8) is 0 Å². The molecule has 0 aliphatic heterocycles. The zero-order chi connectivity index (χ0) is 45.5. The van der Waals surface area contributed by atoms with Crippen LogP contribution in [0.4, 0.5) is 0 Å². The molecule has 0 saturated carbocycles. The number of hydrogen-bond acceptors (Lipinski definition) is 8. The second kappa shape index (κ2) is 35.2. The summed E-state index contributed by atoms with van der Waals surface area (Å²) in [5.74, 6) is -7.91. The van der Waals surface area contributed by atoms with Crippen LogP contribution in [0, 0.1) is 59.2 Å². The smallest absolute Gasteiger partial charge is 0.307 e. The van der Waals surface area contributed by atoms with E-state index in [4.69, 9.17) is 43.4 Å². The van der Waals surface area contributed by atoms with Gasteiger partial charge in [-0.15, -0.1) is 0 Å². The Morgan fingerprint density at radius 3 is 0.625 bits per heavy atom. The summed E-state index contributed by atoms with van der Waals surface area (Å²) in [4.78, 5) is 84.2. The number of carbonyl (C=O) groups excluding carboxylic acids is 4. The fourth-order valence-electron chi connectivity index (χ4n) is 4.73. The maximum atomic E-state index is 10.6. The van der Waals surface area contributed by atoms with Crippen molar-refractivity contribution in [1.82, 2.24) is 0 Å². The molecule has 0 radical (unpaired) electrons. The quantitative estimate of drug-likeness (QED) is 0.0633. The van der Waals surface area contributed by atoms with Crippen LogP contribution >= 0.6 is 0 Å². The summed E-state index contributed by atoms with van der Waals surface area (Å²) in [6.07, 6.45) is 6.32. The van der Waals surface area contributed by atoms with E-state index in [0.29, 0.717) is 23.7 Å². The Bertz CT molecular complexity index is 1020.